The Morgan fingerprint density at radius 1 is 0.919 bits per heavy atom. The average Bonchev–Trinajstić information content (AvgIpc) is 3.17. The van der Waals surface area contributed by atoms with Gasteiger partial charge in [-0.3, -0.25) is 14.5 Å². The van der Waals surface area contributed by atoms with E-state index in [2.05, 4.69) is 15.5 Å². The second-order valence-electron chi connectivity index (χ2n) is 9.43. The molecule has 2 N–H and O–H groups in total. The van der Waals surface area contributed by atoms with Gasteiger partial charge in [-0.05, 0) is 60.4 Å². The first-order valence-corrected chi connectivity index (χ1v) is 12.4. The summed E-state index contributed by atoms with van der Waals surface area (Å²) in [4.78, 5) is 43.1. The van der Waals surface area contributed by atoms with Crippen molar-refractivity contribution in [2.75, 3.05) is 43.1 Å². The van der Waals surface area contributed by atoms with Gasteiger partial charge in [0.05, 0.1) is 13.2 Å². The van der Waals surface area contributed by atoms with Crippen molar-refractivity contribution in [1.29, 1.82) is 0 Å². The predicted molar refractivity (Wildman–Crippen MR) is 141 cm³/mol. The average molecular weight is 499 g/mol. The van der Waals surface area contributed by atoms with Gasteiger partial charge in [0, 0.05) is 24.5 Å². The number of hydrogen-bond donors (Lipinski definition) is 2. The number of hydrogen-bond acceptors (Lipinski definition) is 5. The number of amides is 4. The van der Waals surface area contributed by atoms with E-state index in [1.165, 1.54) is 0 Å². The molecule has 5 rings (SSSR count). The molecule has 0 saturated carbocycles. The summed E-state index contributed by atoms with van der Waals surface area (Å²) in [6, 6.07) is 21.7. The van der Waals surface area contributed by atoms with E-state index in [1.54, 1.807) is 0 Å². The Kier molecular flexibility index (Phi) is 6.67. The Balaban J connectivity index is 1.36. The Morgan fingerprint density at radius 3 is 2.30 bits per heavy atom. The van der Waals surface area contributed by atoms with Crippen molar-refractivity contribution in [3.05, 3.63) is 95.1 Å². The summed E-state index contributed by atoms with van der Waals surface area (Å²) >= 11 is 0. The number of benzene rings is 3. The molecule has 37 heavy (non-hydrogen) atoms. The minimum Gasteiger partial charge on any atom is -0.378 e. The van der Waals surface area contributed by atoms with Crippen LogP contribution in [0.1, 0.15) is 22.3 Å². The highest BCUT2D eigenvalue weighted by Gasteiger charge is 2.54. The van der Waals surface area contributed by atoms with Crippen LogP contribution in [-0.2, 0) is 19.9 Å². The van der Waals surface area contributed by atoms with Gasteiger partial charge in [0.1, 0.15) is 6.54 Å². The zero-order valence-electron chi connectivity index (χ0n) is 21.0. The van der Waals surface area contributed by atoms with Gasteiger partial charge >= 0.3 is 6.03 Å². The monoisotopic (exact) mass is 498 g/mol. The molecule has 190 valence electrons. The quantitative estimate of drug-likeness (QED) is 0.507. The third kappa shape index (κ3) is 4.68. The Bertz CT molecular complexity index is 1320. The molecule has 4 amide bonds. The molecule has 8 heteroatoms. The number of aryl methyl sites for hydroxylation is 2. The molecule has 0 radical (unpaired) electrons. The Labute approximate surface area is 216 Å². The summed E-state index contributed by atoms with van der Waals surface area (Å²) in [6.45, 7) is 6.59. The smallest absolute Gasteiger partial charge is 0.326 e. The summed E-state index contributed by atoms with van der Waals surface area (Å²) in [7, 11) is 0. The summed E-state index contributed by atoms with van der Waals surface area (Å²) in [5.74, 6) is -0.934. The second kappa shape index (κ2) is 10.1. The predicted octanol–water partition coefficient (Wildman–Crippen LogP) is 3.57. The SMILES string of the molecule is Cc1ccc([C@@]2(c3ccccc3)NC(=O)N(CC(=O)Nc3ccc(N4CCOCC4)cc3)C2=O)cc1C. The number of carbonyl (C=O) groups is 3. The van der Waals surface area contributed by atoms with Crippen LogP contribution in [0.3, 0.4) is 0 Å². The number of carbonyl (C=O) groups excluding carboxylic acids is 3. The number of ether oxygens (including phenoxy) is 1. The standard InChI is InChI=1S/C29H30N4O4/c1-20-8-9-23(18-21(20)2)29(22-6-4-3-5-7-22)27(35)33(28(36)31-29)19-26(34)30-24-10-12-25(13-11-24)32-14-16-37-17-15-32/h3-13,18H,14-17,19H2,1-2H3,(H,30,34)(H,31,36)/t29-/m1/s1. The lowest BCUT2D eigenvalue weighted by Gasteiger charge is -2.29. The molecular formula is C29H30N4O4. The fourth-order valence-corrected chi connectivity index (χ4v) is 4.86. The third-order valence-corrected chi connectivity index (χ3v) is 7.08. The lowest BCUT2D eigenvalue weighted by Crippen LogP contribution is -2.45. The highest BCUT2D eigenvalue weighted by Crippen LogP contribution is 2.36. The summed E-state index contributed by atoms with van der Waals surface area (Å²) in [5, 5.41) is 5.71. The molecule has 8 nitrogen and oxygen atoms in total. The summed E-state index contributed by atoms with van der Waals surface area (Å²) < 4.78 is 5.40. The van der Waals surface area contributed by atoms with Crippen LogP contribution >= 0.6 is 0 Å². The van der Waals surface area contributed by atoms with Crippen LogP contribution in [-0.4, -0.2) is 55.6 Å². The first kappa shape index (κ1) is 24.5. The Hall–Kier alpha value is -4.17. The molecule has 0 bridgehead atoms. The zero-order valence-corrected chi connectivity index (χ0v) is 21.0. The van der Waals surface area contributed by atoms with Crippen LogP contribution < -0.4 is 15.5 Å². The molecular weight excluding hydrogens is 468 g/mol. The van der Waals surface area contributed by atoms with E-state index < -0.39 is 29.9 Å². The topological polar surface area (TPSA) is 91.0 Å². The van der Waals surface area contributed by atoms with Gasteiger partial charge in [-0.15, -0.1) is 0 Å². The van der Waals surface area contributed by atoms with Gasteiger partial charge < -0.3 is 20.3 Å². The number of anilines is 2. The number of imide groups is 1. The first-order valence-electron chi connectivity index (χ1n) is 12.4. The maximum atomic E-state index is 13.9. The van der Waals surface area contributed by atoms with Gasteiger partial charge in [0.15, 0.2) is 5.54 Å². The van der Waals surface area contributed by atoms with E-state index in [0.717, 1.165) is 34.8 Å². The van der Waals surface area contributed by atoms with Gasteiger partial charge in [0.2, 0.25) is 5.91 Å². The minimum atomic E-state index is -1.41. The molecule has 0 aliphatic carbocycles. The fourth-order valence-electron chi connectivity index (χ4n) is 4.86. The van der Waals surface area contributed by atoms with Crippen LogP contribution in [0.4, 0.5) is 16.2 Å². The van der Waals surface area contributed by atoms with E-state index in [4.69, 9.17) is 4.74 Å². The lowest BCUT2D eigenvalue weighted by molar-refractivity contribution is -0.133. The zero-order chi connectivity index (χ0) is 26.0. The van der Waals surface area contributed by atoms with E-state index in [-0.39, 0.29) is 0 Å². The summed E-state index contributed by atoms with van der Waals surface area (Å²) in [5.41, 5.74) is 3.62. The highest BCUT2D eigenvalue weighted by molar-refractivity contribution is 6.12. The molecule has 3 aromatic carbocycles. The molecule has 2 aliphatic heterocycles. The van der Waals surface area contributed by atoms with Crippen molar-refractivity contribution in [3.63, 3.8) is 0 Å². The minimum absolute atomic E-state index is 0.394. The van der Waals surface area contributed by atoms with Crippen LogP contribution in [0, 0.1) is 13.8 Å². The van der Waals surface area contributed by atoms with E-state index in [0.29, 0.717) is 30.0 Å². The highest BCUT2D eigenvalue weighted by atomic mass is 16.5. The van der Waals surface area contributed by atoms with Crippen molar-refractivity contribution in [1.82, 2.24) is 10.2 Å². The molecule has 0 aromatic heterocycles. The molecule has 2 aliphatic rings. The van der Waals surface area contributed by atoms with Gasteiger partial charge in [-0.25, -0.2) is 4.79 Å². The van der Waals surface area contributed by atoms with Gasteiger partial charge in [-0.1, -0.05) is 48.5 Å². The Morgan fingerprint density at radius 2 is 1.62 bits per heavy atom. The van der Waals surface area contributed by atoms with Crippen molar-refractivity contribution < 1.29 is 19.1 Å². The molecule has 2 saturated heterocycles. The van der Waals surface area contributed by atoms with Crippen molar-refractivity contribution in [2.24, 2.45) is 0 Å². The number of morpholine rings is 1. The normalized spacial score (nSPS) is 19.6. The molecule has 0 spiro atoms. The molecule has 2 fully saturated rings. The number of nitrogens with zero attached hydrogens (tertiary/aromatic N) is 2. The van der Waals surface area contributed by atoms with Crippen molar-refractivity contribution in [2.45, 2.75) is 19.4 Å². The first-order chi connectivity index (χ1) is 17.9. The molecule has 1 atom stereocenters. The number of rotatable bonds is 6. The van der Waals surface area contributed by atoms with Crippen LogP contribution in [0.25, 0.3) is 0 Å². The molecule has 2 heterocycles. The number of nitrogens with one attached hydrogen (secondary N) is 2. The van der Waals surface area contributed by atoms with Gasteiger partial charge in [-0.2, -0.15) is 0 Å². The maximum absolute atomic E-state index is 13.9. The van der Waals surface area contributed by atoms with Crippen LogP contribution in [0.5, 0.6) is 0 Å². The third-order valence-electron chi connectivity index (χ3n) is 7.08. The lowest BCUT2D eigenvalue weighted by atomic mass is 9.81. The van der Waals surface area contributed by atoms with E-state index in [9.17, 15) is 14.4 Å². The molecule has 0 unspecified atom stereocenters. The maximum Gasteiger partial charge on any atom is 0.326 e. The summed E-state index contributed by atoms with van der Waals surface area (Å²) in [6.07, 6.45) is 0. The van der Waals surface area contributed by atoms with E-state index >= 15 is 0 Å². The van der Waals surface area contributed by atoms with Crippen LogP contribution in [0.2, 0.25) is 0 Å². The van der Waals surface area contributed by atoms with Crippen LogP contribution in [0.15, 0.2) is 72.8 Å². The fraction of sp³-hybridized carbons (Fsp3) is 0.276. The molecule has 3 aromatic rings. The second-order valence-corrected chi connectivity index (χ2v) is 9.43. The van der Waals surface area contributed by atoms with Crippen molar-refractivity contribution in [3.8, 4) is 0 Å². The number of urea groups is 1. The van der Waals surface area contributed by atoms with E-state index in [1.807, 2.05) is 86.6 Å². The largest absolute Gasteiger partial charge is 0.378 e. The van der Waals surface area contributed by atoms with Crippen molar-refractivity contribution >= 4 is 29.2 Å². The van der Waals surface area contributed by atoms with Gasteiger partial charge in [0.25, 0.3) is 5.91 Å².